The van der Waals surface area contributed by atoms with E-state index in [1.165, 1.54) is 6.07 Å². The zero-order chi connectivity index (χ0) is 21.6. The van der Waals surface area contributed by atoms with Crippen molar-refractivity contribution in [3.8, 4) is 0 Å². The minimum absolute atomic E-state index is 0.0392. The molecule has 0 aliphatic carbocycles. The van der Waals surface area contributed by atoms with Gasteiger partial charge in [-0.25, -0.2) is 4.68 Å². The number of nitrogens with one attached hydrogen (secondary N) is 2. The van der Waals surface area contributed by atoms with Gasteiger partial charge in [0.15, 0.2) is 16.4 Å². The van der Waals surface area contributed by atoms with E-state index in [1.807, 2.05) is 0 Å². The molecule has 0 bridgehead atoms. The lowest BCUT2D eigenvalue weighted by molar-refractivity contribution is -0.174. The van der Waals surface area contributed by atoms with Crippen LogP contribution in [-0.4, -0.2) is 21.9 Å². The molecule has 6 nitrogen and oxygen atoms in total. The van der Waals surface area contributed by atoms with Crippen LogP contribution in [0.25, 0.3) is 0 Å². The number of anilines is 2. The molecule has 1 aliphatic rings. The summed E-state index contributed by atoms with van der Waals surface area (Å²) in [7, 11) is 0. The number of fused-ring (bicyclic) bond motifs is 1. The monoisotopic (exact) mass is 566 g/mol. The predicted molar refractivity (Wildman–Crippen MR) is 112 cm³/mol. The fourth-order valence-electron chi connectivity index (χ4n) is 3.19. The van der Waals surface area contributed by atoms with Crippen LogP contribution in [0.15, 0.2) is 50.0 Å². The van der Waals surface area contributed by atoms with Gasteiger partial charge in [0.2, 0.25) is 0 Å². The van der Waals surface area contributed by atoms with Crippen LogP contribution < -0.4 is 10.6 Å². The minimum atomic E-state index is -4.58. The van der Waals surface area contributed by atoms with E-state index in [1.54, 1.807) is 30.3 Å². The zero-order valence-corrected chi connectivity index (χ0v) is 18.7. The van der Waals surface area contributed by atoms with E-state index in [2.05, 4.69) is 47.6 Å². The molecule has 1 aromatic carbocycles. The highest BCUT2D eigenvalue weighted by atomic mass is 79.9. The van der Waals surface area contributed by atoms with Gasteiger partial charge in [-0.2, -0.15) is 18.3 Å². The van der Waals surface area contributed by atoms with E-state index in [0.717, 1.165) is 4.68 Å². The summed E-state index contributed by atoms with van der Waals surface area (Å²) < 4.78 is 48.1. The second-order valence-corrected chi connectivity index (χ2v) is 8.56. The molecule has 2 atom stereocenters. The second kappa shape index (κ2) is 7.93. The van der Waals surface area contributed by atoms with Crippen molar-refractivity contribution >= 4 is 60.9 Å². The van der Waals surface area contributed by atoms with Gasteiger partial charge in [-0.3, -0.25) is 4.79 Å². The zero-order valence-electron chi connectivity index (χ0n) is 14.8. The molecular formula is C18H12Br2ClF3N4O2. The Morgan fingerprint density at radius 3 is 2.70 bits per heavy atom. The Labute approximate surface area is 190 Å². The van der Waals surface area contributed by atoms with Gasteiger partial charge in [-0.05, 0) is 62.2 Å². The number of halogens is 6. The average Bonchev–Trinajstić information content (AvgIpc) is 3.24. The molecule has 3 aromatic rings. The number of rotatable bonds is 3. The van der Waals surface area contributed by atoms with Crippen molar-refractivity contribution in [2.75, 3.05) is 10.6 Å². The van der Waals surface area contributed by atoms with Crippen molar-refractivity contribution in [1.82, 2.24) is 9.78 Å². The Balaban J connectivity index is 1.70. The maximum absolute atomic E-state index is 13.8. The van der Waals surface area contributed by atoms with Crippen LogP contribution in [0.1, 0.15) is 34.8 Å². The Hall–Kier alpha value is -1.98. The molecule has 2 unspecified atom stereocenters. The standard InChI is InChI=1S/C18H12Br2ClF3N4O2/c19-13-5-4-11(30-13)10-7-12(18(22,23)24)28-16(26-10)14(20)15(27-28)17(29)25-9-3-1-2-8(21)6-9/h1-6,10,12,26H,7H2,(H,25,29). The van der Waals surface area contributed by atoms with Gasteiger partial charge in [0.1, 0.15) is 11.6 Å². The first-order valence-electron chi connectivity index (χ1n) is 8.57. The van der Waals surface area contributed by atoms with E-state index in [9.17, 15) is 18.0 Å². The van der Waals surface area contributed by atoms with Crippen LogP contribution in [0.5, 0.6) is 0 Å². The van der Waals surface area contributed by atoms with Crippen LogP contribution in [-0.2, 0) is 0 Å². The number of amides is 1. The summed E-state index contributed by atoms with van der Waals surface area (Å²) in [6.45, 7) is 0. The van der Waals surface area contributed by atoms with Gasteiger partial charge in [0, 0.05) is 17.1 Å². The Morgan fingerprint density at radius 1 is 1.30 bits per heavy atom. The minimum Gasteiger partial charge on any atom is -0.452 e. The van der Waals surface area contributed by atoms with Gasteiger partial charge < -0.3 is 15.1 Å². The lowest BCUT2D eigenvalue weighted by Gasteiger charge is -2.32. The molecule has 4 rings (SSSR count). The topological polar surface area (TPSA) is 72.1 Å². The quantitative estimate of drug-likeness (QED) is 0.375. The molecule has 1 amide bonds. The molecule has 2 N–H and O–H groups in total. The third-order valence-electron chi connectivity index (χ3n) is 4.53. The number of hydrogen-bond acceptors (Lipinski definition) is 4. The number of furan rings is 1. The van der Waals surface area contributed by atoms with Crippen LogP contribution in [0.4, 0.5) is 24.7 Å². The number of alkyl halides is 3. The molecule has 0 saturated heterocycles. The van der Waals surface area contributed by atoms with Crippen molar-refractivity contribution in [1.29, 1.82) is 0 Å². The summed E-state index contributed by atoms with van der Waals surface area (Å²) in [5.41, 5.74) is 0.206. The summed E-state index contributed by atoms with van der Waals surface area (Å²) >= 11 is 12.3. The number of benzene rings is 1. The lowest BCUT2D eigenvalue weighted by Crippen LogP contribution is -2.35. The third kappa shape index (κ3) is 4.10. The molecule has 3 heterocycles. The number of aromatic nitrogens is 2. The summed E-state index contributed by atoms with van der Waals surface area (Å²) in [6, 6.07) is 6.89. The van der Waals surface area contributed by atoms with Gasteiger partial charge in [0.25, 0.3) is 5.91 Å². The van der Waals surface area contributed by atoms with Crippen molar-refractivity contribution < 1.29 is 22.4 Å². The largest absolute Gasteiger partial charge is 0.452 e. The molecule has 0 saturated carbocycles. The van der Waals surface area contributed by atoms with Crippen molar-refractivity contribution in [2.45, 2.75) is 24.7 Å². The van der Waals surface area contributed by atoms with E-state index >= 15 is 0 Å². The fourth-order valence-corrected chi connectivity index (χ4v) is 4.26. The summed E-state index contributed by atoms with van der Waals surface area (Å²) in [4.78, 5) is 12.7. The van der Waals surface area contributed by atoms with Crippen molar-refractivity contribution in [2.24, 2.45) is 0 Å². The van der Waals surface area contributed by atoms with Gasteiger partial charge in [-0.15, -0.1) is 0 Å². The first kappa shape index (κ1) is 21.3. The molecule has 158 valence electrons. The second-order valence-electron chi connectivity index (χ2n) is 6.55. The van der Waals surface area contributed by atoms with Crippen LogP contribution >= 0.6 is 43.5 Å². The first-order valence-corrected chi connectivity index (χ1v) is 10.5. The van der Waals surface area contributed by atoms with Crippen LogP contribution in [0.2, 0.25) is 5.02 Å². The van der Waals surface area contributed by atoms with Gasteiger partial charge in [0.05, 0.1) is 10.5 Å². The number of hydrogen-bond donors (Lipinski definition) is 2. The van der Waals surface area contributed by atoms with Crippen molar-refractivity contribution in [3.05, 3.63) is 62.0 Å². The third-order valence-corrected chi connectivity index (χ3v) is 5.94. The van der Waals surface area contributed by atoms with Gasteiger partial charge >= 0.3 is 6.18 Å². The van der Waals surface area contributed by atoms with Crippen LogP contribution in [0.3, 0.4) is 0 Å². The summed E-state index contributed by atoms with van der Waals surface area (Å²) in [5.74, 6) is -0.302. The highest BCUT2D eigenvalue weighted by Gasteiger charge is 2.48. The molecule has 0 fully saturated rings. The van der Waals surface area contributed by atoms with Crippen LogP contribution in [0, 0.1) is 0 Å². The number of carbonyl (C=O) groups is 1. The van der Waals surface area contributed by atoms with Crippen molar-refractivity contribution in [3.63, 3.8) is 0 Å². The highest BCUT2D eigenvalue weighted by Crippen LogP contribution is 2.46. The van der Waals surface area contributed by atoms with E-state index < -0.39 is 24.2 Å². The molecular weight excluding hydrogens is 556 g/mol. The maximum Gasteiger partial charge on any atom is 0.410 e. The highest BCUT2D eigenvalue weighted by molar-refractivity contribution is 9.10. The molecule has 0 spiro atoms. The predicted octanol–water partition coefficient (Wildman–Crippen LogP) is 6.57. The smallest absolute Gasteiger partial charge is 0.410 e. The van der Waals surface area contributed by atoms with Gasteiger partial charge in [-0.1, -0.05) is 17.7 Å². The van der Waals surface area contributed by atoms with E-state index in [0.29, 0.717) is 21.1 Å². The molecule has 12 heteroatoms. The molecule has 0 radical (unpaired) electrons. The summed E-state index contributed by atoms with van der Waals surface area (Å²) in [6.07, 6.45) is -4.93. The number of nitrogens with zero attached hydrogens (tertiary/aromatic N) is 2. The average molecular weight is 569 g/mol. The Morgan fingerprint density at radius 2 is 2.07 bits per heavy atom. The molecule has 30 heavy (non-hydrogen) atoms. The number of carbonyl (C=O) groups excluding carboxylic acids is 1. The summed E-state index contributed by atoms with van der Waals surface area (Å²) in [5, 5.41) is 9.93. The lowest BCUT2D eigenvalue weighted by atomic mass is 10.0. The fraction of sp³-hybridized carbons (Fsp3) is 0.222. The molecule has 2 aromatic heterocycles. The maximum atomic E-state index is 13.8. The Bertz CT molecular complexity index is 1120. The normalized spacial score (nSPS) is 18.6. The Kier molecular flexibility index (Phi) is 5.62. The SMILES string of the molecule is O=C(Nc1cccc(Cl)c1)c1nn2c(c1Br)NC(c1ccc(Br)o1)CC2C(F)(F)F. The molecule has 1 aliphatic heterocycles. The van der Waals surface area contributed by atoms with E-state index in [-0.39, 0.29) is 22.4 Å². The first-order chi connectivity index (χ1) is 14.1. The van der Waals surface area contributed by atoms with E-state index in [4.69, 9.17) is 16.0 Å².